The molecule has 0 aliphatic rings. The maximum Gasteiger partial charge on any atom is 0.153 e. The second-order valence-electron chi connectivity index (χ2n) is 3.82. The van der Waals surface area contributed by atoms with Crippen molar-refractivity contribution in [1.29, 1.82) is 0 Å². The molecule has 0 atom stereocenters. The maximum absolute atomic E-state index is 5.98. The first-order valence-electron chi connectivity index (χ1n) is 5.40. The lowest BCUT2D eigenvalue weighted by Gasteiger charge is -2.03. The van der Waals surface area contributed by atoms with Gasteiger partial charge in [0.15, 0.2) is 5.82 Å². The van der Waals surface area contributed by atoms with Gasteiger partial charge in [0.2, 0.25) is 0 Å². The molecule has 0 saturated heterocycles. The first kappa shape index (κ1) is 11.5. The Morgan fingerprint density at radius 3 is 2.61 bits per heavy atom. The number of nitrogen functional groups attached to an aromatic ring is 1. The highest BCUT2D eigenvalue weighted by Crippen LogP contribution is 2.40. The van der Waals surface area contributed by atoms with Gasteiger partial charge in [0.1, 0.15) is 0 Å². The second-order valence-corrected chi connectivity index (χ2v) is 5.59. The largest absolute Gasteiger partial charge is 0.382 e. The molecule has 18 heavy (non-hydrogen) atoms. The first-order chi connectivity index (χ1) is 8.77. The zero-order valence-corrected chi connectivity index (χ0v) is 11.8. The summed E-state index contributed by atoms with van der Waals surface area (Å²) < 4.78 is 1.05. The number of anilines is 1. The number of nitrogens with one attached hydrogen (secondary N) is 1. The standard InChI is InChI=1S/C13H10BrN3S/c14-9-6-7-18-12(9)11-10(13(15)17-16-11)8-4-2-1-3-5-8/h1-7H,(H3,15,16,17). The van der Waals surface area contributed by atoms with Gasteiger partial charge in [-0.1, -0.05) is 30.3 Å². The lowest BCUT2D eigenvalue weighted by molar-refractivity contribution is 1.10. The van der Waals surface area contributed by atoms with Gasteiger partial charge >= 0.3 is 0 Å². The molecule has 5 heteroatoms. The van der Waals surface area contributed by atoms with Crippen molar-refractivity contribution in [3.63, 3.8) is 0 Å². The van der Waals surface area contributed by atoms with Crippen molar-refractivity contribution >= 4 is 33.1 Å². The monoisotopic (exact) mass is 319 g/mol. The number of aromatic nitrogens is 2. The lowest BCUT2D eigenvalue weighted by Crippen LogP contribution is -1.88. The van der Waals surface area contributed by atoms with Gasteiger partial charge in [-0.2, -0.15) is 5.10 Å². The zero-order valence-electron chi connectivity index (χ0n) is 9.35. The van der Waals surface area contributed by atoms with Crippen molar-refractivity contribution < 1.29 is 0 Å². The van der Waals surface area contributed by atoms with Crippen LogP contribution in [0.2, 0.25) is 0 Å². The van der Waals surface area contributed by atoms with E-state index in [1.807, 2.05) is 41.8 Å². The number of H-pyrrole nitrogens is 1. The highest BCUT2D eigenvalue weighted by atomic mass is 79.9. The van der Waals surface area contributed by atoms with E-state index in [9.17, 15) is 0 Å². The van der Waals surface area contributed by atoms with Crippen LogP contribution < -0.4 is 5.73 Å². The molecule has 1 aromatic carbocycles. The molecule has 3 aromatic rings. The summed E-state index contributed by atoms with van der Waals surface area (Å²) in [6.45, 7) is 0. The van der Waals surface area contributed by atoms with Crippen molar-refractivity contribution in [2.24, 2.45) is 0 Å². The topological polar surface area (TPSA) is 54.7 Å². The Kier molecular flexibility index (Phi) is 2.93. The summed E-state index contributed by atoms with van der Waals surface area (Å²) in [5.74, 6) is 0.525. The van der Waals surface area contributed by atoms with E-state index >= 15 is 0 Å². The van der Waals surface area contributed by atoms with Crippen LogP contribution in [0, 0.1) is 0 Å². The smallest absolute Gasteiger partial charge is 0.153 e. The summed E-state index contributed by atoms with van der Waals surface area (Å²) >= 11 is 5.19. The fraction of sp³-hybridized carbons (Fsp3) is 0. The molecule has 0 bridgehead atoms. The molecule has 0 unspecified atom stereocenters. The van der Waals surface area contributed by atoms with Crippen molar-refractivity contribution in [1.82, 2.24) is 10.2 Å². The van der Waals surface area contributed by atoms with E-state index in [2.05, 4.69) is 26.1 Å². The first-order valence-corrected chi connectivity index (χ1v) is 7.07. The van der Waals surface area contributed by atoms with Crippen LogP contribution in [-0.4, -0.2) is 10.2 Å². The summed E-state index contributed by atoms with van der Waals surface area (Å²) in [5, 5.41) is 9.18. The molecule has 0 radical (unpaired) electrons. The number of nitrogens with zero attached hydrogens (tertiary/aromatic N) is 1. The molecule has 0 aliphatic carbocycles. The van der Waals surface area contributed by atoms with Crippen molar-refractivity contribution in [3.05, 3.63) is 46.3 Å². The average Bonchev–Trinajstić information content (AvgIpc) is 2.96. The van der Waals surface area contributed by atoms with E-state index in [4.69, 9.17) is 5.73 Å². The molecule has 0 saturated carbocycles. The minimum absolute atomic E-state index is 0.525. The average molecular weight is 320 g/mol. The van der Waals surface area contributed by atoms with Gasteiger partial charge in [-0.3, -0.25) is 5.10 Å². The van der Waals surface area contributed by atoms with Crippen LogP contribution in [-0.2, 0) is 0 Å². The van der Waals surface area contributed by atoms with Gasteiger partial charge in [-0.25, -0.2) is 0 Å². The molecule has 3 rings (SSSR count). The van der Waals surface area contributed by atoms with Crippen molar-refractivity contribution in [2.75, 3.05) is 5.73 Å². The lowest BCUT2D eigenvalue weighted by atomic mass is 10.0. The molecule has 3 N–H and O–H groups in total. The van der Waals surface area contributed by atoms with Gasteiger partial charge in [0, 0.05) is 4.47 Å². The number of hydrogen-bond donors (Lipinski definition) is 2. The van der Waals surface area contributed by atoms with Crippen LogP contribution >= 0.6 is 27.3 Å². The highest BCUT2D eigenvalue weighted by molar-refractivity contribution is 9.10. The summed E-state index contributed by atoms with van der Waals surface area (Å²) in [6.07, 6.45) is 0. The number of nitrogens with two attached hydrogens (primary N) is 1. The predicted octanol–water partition coefficient (Wildman–Crippen LogP) is 4.15. The molecule has 3 nitrogen and oxygen atoms in total. The van der Waals surface area contributed by atoms with Crippen LogP contribution in [0.1, 0.15) is 0 Å². The van der Waals surface area contributed by atoms with E-state index in [0.29, 0.717) is 5.82 Å². The number of thiophene rings is 1. The third-order valence-electron chi connectivity index (χ3n) is 2.70. The summed E-state index contributed by atoms with van der Waals surface area (Å²) in [6, 6.07) is 12.1. The van der Waals surface area contributed by atoms with Gasteiger partial charge in [0.25, 0.3) is 0 Å². The quantitative estimate of drug-likeness (QED) is 0.745. The number of benzene rings is 1. The summed E-state index contributed by atoms with van der Waals surface area (Å²) in [5.41, 5.74) is 8.96. The number of hydrogen-bond acceptors (Lipinski definition) is 3. The number of aromatic amines is 1. The predicted molar refractivity (Wildman–Crippen MR) is 79.4 cm³/mol. The summed E-state index contributed by atoms with van der Waals surface area (Å²) in [7, 11) is 0. The molecule has 2 heterocycles. The zero-order chi connectivity index (χ0) is 12.5. The van der Waals surface area contributed by atoms with Gasteiger partial charge < -0.3 is 5.73 Å². The Balaban J connectivity index is 2.22. The third-order valence-corrected chi connectivity index (χ3v) is 4.56. The Labute approximate surface area is 117 Å². The van der Waals surface area contributed by atoms with Gasteiger partial charge in [-0.15, -0.1) is 11.3 Å². The van der Waals surface area contributed by atoms with Gasteiger partial charge in [0.05, 0.1) is 16.1 Å². The van der Waals surface area contributed by atoms with E-state index < -0.39 is 0 Å². The third kappa shape index (κ3) is 1.85. The van der Waals surface area contributed by atoms with Gasteiger partial charge in [-0.05, 0) is 32.9 Å². The van der Waals surface area contributed by atoms with Crippen LogP contribution in [0.25, 0.3) is 21.7 Å². The van der Waals surface area contributed by atoms with E-state index in [-0.39, 0.29) is 0 Å². The molecule has 0 spiro atoms. The van der Waals surface area contributed by atoms with Crippen LogP contribution in [0.3, 0.4) is 0 Å². The normalized spacial score (nSPS) is 10.7. The van der Waals surface area contributed by atoms with Crippen LogP contribution in [0.4, 0.5) is 5.82 Å². The number of halogens is 1. The molecular weight excluding hydrogens is 310 g/mol. The fourth-order valence-electron chi connectivity index (χ4n) is 1.89. The van der Waals surface area contributed by atoms with Crippen LogP contribution in [0.5, 0.6) is 0 Å². The fourth-order valence-corrected chi connectivity index (χ4v) is 3.46. The Morgan fingerprint density at radius 1 is 1.17 bits per heavy atom. The minimum Gasteiger partial charge on any atom is -0.382 e. The Hall–Kier alpha value is -1.59. The molecule has 0 aliphatic heterocycles. The van der Waals surface area contributed by atoms with Crippen molar-refractivity contribution in [3.8, 4) is 21.7 Å². The minimum atomic E-state index is 0.525. The number of rotatable bonds is 2. The molecular formula is C13H10BrN3S. The van der Waals surface area contributed by atoms with Crippen LogP contribution in [0.15, 0.2) is 46.3 Å². The second kappa shape index (κ2) is 4.59. The van der Waals surface area contributed by atoms with E-state index in [1.54, 1.807) is 11.3 Å². The Morgan fingerprint density at radius 2 is 1.94 bits per heavy atom. The van der Waals surface area contributed by atoms with E-state index in [0.717, 1.165) is 26.2 Å². The molecule has 2 aromatic heterocycles. The summed E-state index contributed by atoms with van der Waals surface area (Å²) in [4.78, 5) is 1.11. The van der Waals surface area contributed by atoms with E-state index in [1.165, 1.54) is 0 Å². The molecule has 0 fully saturated rings. The Bertz CT molecular complexity index is 673. The van der Waals surface area contributed by atoms with Crippen molar-refractivity contribution in [2.45, 2.75) is 0 Å². The SMILES string of the molecule is Nc1n[nH]c(-c2sccc2Br)c1-c1ccccc1. The maximum atomic E-state index is 5.98. The molecule has 0 amide bonds. The highest BCUT2D eigenvalue weighted by Gasteiger charge is 2.17. The molecule has 90 valence electrons.